The van der Waals surface area contributed by atoms with E-state index in [4.69, 9.17) is 9.02 Å². The fraction of sp³-hybridized carbons (Fsp3) is 0.150. The molecule has 2 aromatic carbocycles. The van der Waals surface area contributed by atoms with Crippen molar-refractivity contribution in [3.8, 4) is 22.3 Å². The van der Waals surface area contributed by atoms with Crippen molar-refractivity contribution in [1.29, 1.82) is 0 Å². The van der Waals surface area contributed by atoms with Crippen molar-refractivity contribution in [3.63, 3.8) is 0 Å². The number of nitrogens with zero attached hydrogens (tertiary/aromatic N) is 1. The summed E-state index contributed by atoms with van der Waals surface area (Å²) in [6, 6.07) is 17.5. The number of ether oxygens (including phenoxy) is 1. The van der Waals surface area contributed by atoms with Gasteiger partial charge in [-0.1, -0.05) is 58.4 Å². The van der Waals surface area contributed by atoms with Gasteiger partial charge in [-0.3, -0.25) is 0 Å². The lowest BCUT2D eigenvalue weighted by Crippen LogP contribution is -2.45. The van der Waals surface area contributed by atoms with Gasteiger partial charge in [0.1, 0.15) is 0 Å². The predicted octanol–water partition coefficient (Wildman–Crippen LogP) is 3.61. The first-order chi connectivity index (χ1) is 12.9. The topological polar surface area (TPSA) is 56.5 Å². The first-order valence-electron chi connectivity index (χ1n) is 8.16. The van der Waals surface area contributed by atoms with Crippen LogP contribution in [0.1, 0.15) is 5.56 Å². The molecule has 3 rings (SSSR count). The fourth-order valence-corrected chi connectivity index (χ4v) is 3.66. The van der Waals surface area contributed by atoms with Crippen LogP contribution in [0.3, 0.4) is 0 Å². The van der Waals surface area contributed by atoms with Gasteiger partial charge in [-0.25, -0.2) is 0 Å². The highest BCUT2D eigenvalue weighted by molar-refractivity contribution is 9.10. The SMILES string of the molecule is COCc1c(-c2ccccc2)c[n+](OS(C)(=O)=O)cc1-c1cccc(Br)c1. The van der Waals surface area contributed by atoms with E-state index < -0.39 is 10.1 Å². The van der Waals surface area contributed by atoms with Gasteiger partial charge < -0.3 is 4.74 Å². The molecule has 0 aliphatic heterocycles. The van der Waals surface area contributed by atoms with E-state index in [0.717, 1.165) is 38.5 Å². The summed E-state index contributed by atoms with van der Waals surface area (Å²) in [6.07, 6.45) is 4.33. The van der Waals surface area contributed by atoms with Crippen LogP contribution in [-0.4, -0.2) is 21.8 Å². The maximum absolute atomic E-state index is 11.7. The Hall–Kier alpha value is -2.22. The zero-order valence-electron chi connectivity index (χ0n) is 14.9. The molecule has 0 saturated heterocycles. The summed E-state index contributed by atoms with van der Waals surface area (Å²) in [5, 5.41) is 0. The average molecular weight is 449 g/mol. The Morgan fingerprint density at radius 3 is 2.19 bits per heavy atom. The molecule has 0 bridgehead atoms. The second kappa shape index (κ2) is 8.21. The summed E-state index contributed by atoms with van der Waals surface area (Å²) in [4.78, 5) is 0. The summed E-state index contributed by atoms with van der Waals surface area (Å²) in [6.45, 7) is 0.367. The van der Waals surface area contributed by atoms with Crippen molar-refractivity contribution in [2.45, 2.75) is 6.61 Å². The van der Waals surface area contributed by atoms with Gasteiger partial charge in [-0.15, -0.1) is 4.28 Å². The summed E-state index contributed by atoms with van der Waals surface area (Å²) in [7, 11) is -2.05. The van der Waals surface area contributed by atoms with E-state index in [1.165, 1.54) is 4.73 Å². The Balaban J connectivity index is 2.30. The van der Waals surface area contributed by atoms with Crippen molar-refractivity contribution in [2.75, 3.05) is 13.4 Å². The molecule has 0 fully saturated rings. The van der Waals surface area contributed by atoms with E-state index in [9.17, 15) is 8.42 Å². The largest absolute Gasteiger partial charge is 0.380 e. The molecule has 140 valence electrons. The van der Waals surface area contributed by atoms with E-state index in [0.29, 0.717) is 6.61 Å². The van der Waals surface area contributed by atoms with Gasteiger partial charge in [0.2, 0.25) is 12.4 Å². The maximum atomic E-state index is 11.7. The van der Waals surface area contributed by atoms with E-state index in [-0.39, 0.29) is 0 Å². The molecule has 5 nitrogen and oxygen atoms in total. The Kier molecular flexibility index (Phi) is 5.94. The van der Waals surface area contributed by atoms with Gasteiger partial charge in [0.25, 0.3) is 0 Å². The van der Waals surface area contributed by atoms with Gasteiger partial charge in [-0.2, -0.15) is 8.42 Å². The maximum Gasteiger partial charge on any atom is 0.364 e. The minimum atomic E-state index is -3.69. The zero-order valence-corrected chi connectivity index (χ0v) is 17.3. The molecule has 0 radical (unpaired) electrons. The van der Waals surface area contributed by atoms with Crippen molar-refractivity contribution < 1.29 is 22.2 Å². The molecule has 1 heterocycles. The normalized spacial score (nSPS) is 11.4. The van der Waals surface area contributed by atoms with Crippen molar-refractivity contribution >= 4 is 26.0 Å². The van der Waals surface area contributed by atoms with Crippen LogP contribution in [0.2, 0.25) is 0 Å². The van der Waals surface area contributed by atoms with E-state index in [1.807, 2.05) is 54.6 Å². The van der Waals surface area contributed by atoms with Crippen molar-refractivity contribution in [1.82, 2.24) is 0 Å². The number of aromatic nitrogens is 1. The number of pyridine rings is 1. The van der Waals surface area contributed by atoms with Crippen LogP contribution in [-0.2, 0) is 21.5 Å². The molecule has 0 saturated carbocycles. The second-order valence-corrected chi connectivity index (χ2v) is 8.49. The third kappa shape index (κ3) is 4.94. The van der Waals surface area contributed by atoms with Crippen LogP contribution in [0.5, 0.6) is 0 Å². The minimum Gasteiger partial charge on any atom is -0.380 e. The molecule has 0 N–H and O–H groups in total. The molecule has 3 aromatic rings. The smallest absolute Gasteiger partial charge is 0.364 e. The summed E-state index contributed by atoms with van der Waals surface area (Å²) >= 11 is 3.49. The lowest BCUT2D eigenvalue weighted by Gasteiger charge is -2.13. The van der Waals surface area contributed by atoms with Crippen LogP contribution >= 0.6 is 15.9 Å². The van der Waals surface area contributed by atoms with Gasteiger partial charge >= 0.3 is 10.1 Å². The van der Waals surface area contributed by atoms with Gasteiger partial charge in [-0.05, 0) is 23.3 Å². The molecule has 1 aromatic heterocycles. The van der Waals surface area contributed by atoms with E-state index in [2.05, 4.69) is 15.9 Å². The molecular weight excluding hydrogens is 430 g/mol. The summed E-state index contributed by atoms with van der Waals surface area (Å²) < 4.78 is 36.1. The number of rotatable bonds is 6. The molecule has 27 heavy (non-hydrogen) atoms. The lowest BCUT2D eigenvalue weighted by molar-refractivity contribution is -0.855. The molecule has 0 aliphatic carbocycles. The Labute approximate surface area is 167 Å². The van der Waals surface area contributed by atoms with Crippen LogP contribution in [0.25, 0.3) is 22.3 Å². The molecule has 7 heteroatoms. The number of halogens is 1. The Morgan fingerprint density at radius 1 is 0.963 bits per heavy atom. The first-order valence-corrected chi connectivity index (χ1v) is 10.8. The molecule has 0 unspecified atom stereocenters. The van der Waals surface area contributed by atoms with Gasteiger partial charge in [0, 0.05) is 21.9 Å². The van der Waals surface area contributed by atoms with Gasteiger partial charge in [0.15, 0.2) is 0 Å². The Bertz CT molecular complexity index is 1050. The fourth-order valence-electron chi connectivity index (χ4n) is 2.86. The highest BCUT2D eigenvalue weighted by atomic mass is 79.9. The minimum absolute atomic E-state index is 0.367. The molecule has 0 atom stereocenters. The molecule has 0 aliphatic rings. The van der Waals surface area contributed by atoms with E-state index >= 15 is 0 Å². The van der Waals surface area contributed by atoms with Crippen molar-refractivity contribution in [2.24, 2.45) is 0 Å². The summed E-state index contributed by atoms with van der Waals surface area (Å²) in [5.41, 5.74) is 4.45. The molecular formula is C20H19BrNO4S+. The number of benzene rings is 2. The average Bonchev–Trinajstić information content (AvgIpc) is 2.62. The quantitative estimate of drug-likeness (QED) is 0.540. The Morgan fingerprint density at radius 2 is 1.59 bits per heavy atom. The summed E-state index contributed by atoms with van der Waals surface area (Å²) in [5.74, 6) is 0. The zero-order chi connectivity index (χ0) is 19.4. The van der Waals surface area contributed by atoms with Crippen LogP contribution in [0.4, 0.5) is 0 Å². The number of hydrogen-bond acceptors (Lipinski definition) is 4. The molecule has 0 spiro atoms. The highest BCUT2D eigenvalue weighted by Gasteiger charge is 2.22. The lowest BCUT2D eigenvalue weighted by atomic mass is 9.95. The van der Waals surface area contributed by atoms with E-state index in [1.54, 1.807) is 19.5 Å². The number of methoxy groups -OCH3 is 1. The second-order valence-electron chi connectivity index (χ2n) is 6.01. The predicted molar refractivity (Wildman–Crippen MR) is 107 cm³/mol. The van der Waals surface area contributed by atoms with Crippen LogP contribution in [0, 0.1) is 0 Å². The standard InChI is InChI=1S/C20H19BrNO4S/c1-25-14-20-18(15-7-4-3-5-8-15)12-22(26-27(2,23)24)13-19(20)16-9-6-10-17(21)11-16/h3-13H,14H2,1-2H3/q+1. The van der Waals surface area contributed by atoms with Gasteiger partial charge in [0.05, 0.1) is 24.0 Å². The van der Waals surface area contributed by atoms with Crippen molar-refractivity contribution in [3.05, 3.63) is 77.0 Å². The number of hydrogen-bond donors (Lipinski definition) is 0. The molecule has 0 amide bonds. The van der Waals surface area contributed by atoms with Crippen LogP contribution in [0.15, 0.2) is 71.5 Å². The third-order valence-electron chi connectivity index (χ3n) is 3.89. The third-order valence-corrected chi connectivity index (χ3v) is 4.83. The monoisotopic (exact) mass is 448 g/mol. The van der Waals surface area contributed by atoms with Crippen LogP contribution < -0.4 is 9.01 Å². The highest BCUT2D eigenvalue weighted by Crippen LogP contribution is 2.32. The first kappa shape index (κ1) is 19.5.